The molecule has 17 heavy (non-hydrogen) atoms. The third-order valence-electron chi connectivity index (χ3n) is 2.73. The van der Waals surface area contributed by atoms with Crippen molar-refractivity contribution in [2.24, 2.45) is 0 Å². The molecule has 0 aliphatic carbocycles. The van der Waals surface area contributed by atoms with Crippen molar-refractivity contribution in [1.29, 1.82) is 0 Å². The van der Waals surface area contributed by atoms with Crippen LogP contribution in [0, 0.1) is 6.92 Å². The maximum atomic E-state index is 5.87. The molecule has 0 N–H and O–H groups in total. The van der Waals surface area contributed by atoms with Gasteiger partial charge in [-0.25, -0.2) is 0 Å². The van der Waals surface area contributed by atoms with Crippen molar-refractivity contribution >= 4 is 27.5 Å². The first kappa shape index (κ1) is 12.7. The number of rotatable bonds is 3. The average molecular weight is 310 g/mol. The van der Waals surface area contributed by atoms with Crippen molar-refractivity contribution in [3.05, 3.63) is 70.2 Å². The van der Waals surface area contributed by atoms with E-state index in [0.717, 1.165) is 11.4 Å². The minimum atomic E-state index is 0.351. The van der Waals surface area contributed by atoms with Crippen LogP contribution >= 0.6 is 27.5 Å². The molecule has 0 saturated carbocycles. The highest BCUT2D eigenvalue weighted by Gasteiger charge is 2.08. The molecular formula is C15H14BrCl. The number of benzene rings is 2. The minimum absolute atomic E-state index is 0.351. The maximum Gasteiger partial charge on any atom is 0.0435 e. The molecule has 0 amide bonds. The van der Waals surface area contributed by atoms with Gasteiger partial charge in [-0.3, -0.25) is 0 Å². The molecular weight excluding hydrogens is 296 g/mol. The standard InChI is InChI=1S/C15H14BrCl/c1-11-3-2-4-13(9-11)15(16)10-12-5-7-14(17)8-6-12/h2-9,15H,10H2,1H3. The lowest BCUT2D eigenvalue weighted by atomic mass is 10.0. The summed E-state index contributed by atoms with van der Waals surface area (Å²) < 4.78 is 0. The fourth-order valence-corrected chi connectivity index (χ4v) is 2.59. The van der Waals surface area contributed by atoms with Crippen molar-refractivity contribution in [1.82, 2.24) is 0 Å². The molecule has 2 heteroatoms. The van der Waals surface area contributed by atoms with Crippen LogP contribution in [-0.4, -0.2) is 0 Å². The van der Waals surface area contributed by atoms with Gasteiger partial charge >= 0.3 is 0 Å². The van der Waals surface area contributed by atoms with Crippen LogP contribution in [0.3, 0.4) is 0 Å². The molecule has 0 spiro atoms. The fraction of sp³-hybridized carbons (Fsp3) is 0.200. The van der Waals surface area contributed by atoms with E-state index >= 15 is 0 Å². The molecule has 0 nitrogen and oxygen atoms in total. The second-order valence-electron chi connectivity index (χ2n) is 4.21. The molecule has 0 aliphatic heterocycles. The van der Waals surface area contributed by atoms with Crippen LogP contribution in [-0.2, 0) is 6.42 Å². The first-order valence-electron chi connectivity index (χ1n) is 5.60. The van der Waals surface area contributed by atoms with Gasteiger partial charge in [0.05, 0.1) is 0 Å². The van der Waals surface area contributed by atoms with Gasteiger partial charge in [0.15, 0.2) is 0 Å². The van der Waals surface area contributed by atoms with Crippen LogP contribution < -0.4 is 0 Å². The second kappa shape index (κ2) is 5.70. The molecule has 2 aromatic carbocycles. The Labute approximate surface area is 116 Å². The Morgan fingerprint density at radius 3 is 2.47 bits per heavy atom. The summed E-state index contributed by atoms with van der Waals surface area (Å²) in [5.74, 6) is 0. The van der Waals surface area contributed by atoms with Crippen LogP contribution in [0.5, 0.6) is 0 Å². The molecule has 2 rings (SSSR count). The maximum absolute atomic E-state index is 5.87. The van der Waals surface area contributed by atoms with Crippen LogP contribution in [0.15, 0.2) is 48.5 Å². The smallest absolute Gasteiger partial charge is 0.0435 e. The lowest BCUT2D eigenvalue weighted by Gasteiger charge is -2.11. The highest BCUT2D eigenvalue weighted by Crippen LogP contribution is 2.27. The predicted octanol–water partition coefficient (Wildman–Crippen LogP) is 5.33. The summed E-state index contributed by atoms with van der Waals surface area (Å²) in [6.45, 7) is 2.12. The number of alkyl halides is 1. The number of hydrogen-bond donors (Lipinski definition) is 0. The molecule has 0 radical (unpaired) electrons. The Bertz CT molecular complexity index is 491. The van der Waals surface area contributed by atoms with Gasteiger partial charge in [0.2, 0.25) is 0 Å². The summed E-state index contributed by atoms with van der Waals surface area (Å²) in [5, 5.41) is 0.787. The number of hydrogen-bond acceptors (Lipinski definition) is 0. The van der Waals surface area contributed by atoms with Gasteiger partial charge in [-0.15, -0.1) is 0 Å². The number of halogens is 2. The Morgan fingerprint density at radius 1 is 1.12 bits per heavy atom. The fourth-order valence-electron chi connectivity index (χ4n) is 1.81. The molecule has 0 saturated heterocycles. The predicted molar refractivity (Wildman–Crippen MR) is 78.0 cm³/mol. The molecule has 0 fully saturated rings. The quantitative estimate of drug-likeness (QED) is 0.672. The lowest BCUT2D eigenvalue weighted by Crippen LogP contribution is -1.95. The van der Waals surface area contributed by atoms with E-state index in [1.807, 2.05) is 12.1 Å². The molecule has 1 unspecified atom stereocenters. The minimum Gasteiger partial charge on any atom is -0.0843 e. The lowest BCUT2D eigenvalue weighted by molar-refractivity contribution is 0.947. The summed E-state index contributed by atoms with van der Waals surface area (Å²) in [6.07, 6.45) is 0.973. The van der Waals surface area contributed by atoms with E-state index in [1.54, 1.807) is 0 Å². The second-order valence-corrected chi connectivity index (χ2v) is 5.75. The third kappa shape index (κ3) is 3.58. The van der Waals surface area contributed by atoms with E-state index in [-0.39, 0.29) is 0 Å². The Hall–Kier alpha value is -0.790. The molecule has 2 aromatic rings. The van der Waals surface area contributed by atoms with E-state index in [0.29, 0.717) is 4.83 Å². The first-order valence-corrected chi connectivity index (χ1v) is 6.89. The van der Waals surface area contributed by atoms with Crippen LogP contribution in [0.4, 0.5) is 0 Å². The topological polar surface area (TPSA) is 0 Å². The van der Waals surface area contributed by atoms with Crippen LogP contribution in [0.1, 0.15) is 21.5 Å². The largest absolute Gasteiger partial charge is 0.0843 e. The van der Waals surface area contributed by atoms with Crippen molar-refractivity contribution in [3.63, 3.8) is 0 Å². The molecule has 0 aliphatic rings. The highest BCUT2D eigenvalue weighted by molar-refractivity contribution is 9.09. The summed E-state index contributed by atoms with van der Waals surface area (Å²) >= 11 is 9.62. The number of aryl methyl sites for hydroxylation is 1. The van der Waals surface area contributed by atoms with Crippen molar-refractivity contribution < 1.29 is 0 Å². The SMILES string of the molecule is Cc1cccc(C(Br)Cc2ccc(Cl)cc2)c1. The van der Waals surface area contributed by atoms with E-state index < -0.39 is 0 Å². The summed E-state index contributed by atoms with van der Waals surface area (Å²) in [4.78, 5) is 0.351. The van der Waals surface area contributed by atoms with Crippen molar-refractivity contribution in [2.45, 2.75) is 18.2 Å². The summed E-state index contributed by atoms with van der Waals surface area (Å²) in [5.41, 5.74) is 3.90. The van der Waals surface area contributed by atoms with E-state index in [2.05, 4.69) is 59.3 Å². The van der Waals surface area contributed by atoms with Crippen LogP contribution in [0.25, 0.3) is 0 Å². The Morgan fingerprint density at radius 2 is 1.82 bits per heavy atom. The Kier molecular flexibility index (Phi) is 4.25. The van der Waals surface area contributed by atoms with Gasteiger partial charge in [0.1, 0.15) is 0 Å². The van der Waals surface area contributed by atoms with E-state index in [1.165, 1.54) is 16.7 Å². The van der Waals surface area contributed by atoms with E-state index in [9.17, 15) is 0 Å². The average Bonchev–Trinajstić information content (AvgIpc) is 2.32. The molecule has 0 aromatic heterocycles. The van der Waals surface area contributed by atoms with Gasteiger partial charge in [-0.2, -0.15) is 0 Å². The first-order chi connectivity index (χ1) is 8.15. The molecule has 0 heterocycles. The summed E-state index contributed by atoms with van der Waals surface area (Å²) in [7, 11) is 0. The molecule has 88 valence electrons. The van der Waals surface area contributed by atoms with E-state index in [4.69, 9.17) is 11.6 Å². The summed E-state index contributed by atoms with van der Waals surface area (Å²) in [6, 6.07) is 16.6. The molecule has 1 atom stereocenters. The van der Waals surface area contributed by atoms with Crippen molar-refractivity contribution in [2.75, 3.05) is 0 Å². The van der Waals surface area contributed by atoms with Gasteiger partial charge in [0, 0.05) is 9.85 Å². The molecule has 0 bridgehead atoms. The zero-order chi connectivity index (χ0) is 12.3. The third-order valence-corrected chi connectivity index (χ3v) is 3.84. The van der Waals surface area contributed by atoms with Gasteiger partial charge in [-0.05, 0) is 36.6 Å². The normalized spacial score (nSPS) is 12.4. The highest BCUT2D eigenvalue weighted by atomic mass is 79.9. The van der Waals surface area contributed by atoms with Gasteiger partial charge in [-0.1, -0.05) is 69.5 Å². The Balaban J connectivity index is 2.11. The zero-order valence-electron chi connectivity index (χ0n) is 9.66. The van der Waals surface area contributed by atoms with Crippen LogP contribution in [0.2, 0.25) is 5.02 Å². The van der Waals surface area contributed by atoms with Crippen molar-refractivity contribution in [3.8, 4) is 0 Å². The zero-order valence-corrected chi connectivity index (χ0v) is 12.0. The van der Waals surface area contributed by atoms with Gasteiger partial charge < -0.3 is 0 Å². The monoisotopic (exact) mass is 308 g/mol. The van der Waals surface area contributed by atoms with Gasteiger partial charge in [0.25, 0.3) is 0 Å².